The number of methoxy groups -OCH3 is 1. The molecule has 0 atom stereocenters. The molecule has 1 heterocycles. The lowest BCUT2D eigenvalue weighted by Crippen LogP contribution is -2.38. The van der Waals surface area contributed by atoms with Crippen LogP contribution in [0.15, 0.2) is 24.3 Å². The summed E-state index contributed by atoms with van der Waals surface area (Å²) in [6, 6.07) is 7.87. The van der Waals surface area contributed by atoms with E-state index in [2.05, 4.69) is 24.9 Å². The second-order valence-corrected chi connectivity index (χ2v) is 5.44. The molecule has 0 saturated carbocycles. The van der Waals surface area contributed by atoms with Crippen molar-refractivity contribution in [2.24, 2.45) is 0 Å². The Balaban J connectivity index is 0.00000180. The zero-order valence-electron chi connectivity index (χ0n) is 11.8. The minimum atomic E-state index is -0.256. The van der Waals surface area contributed by atoms with Crippen molar-refractivity contribution in [3.63, 3.8) is 0 Å². The van der Waals surface area contributed by atoms with E-state index in [4.69, 9.17) is 4.74 Å². The number of hydrogen-bond donors (Lipinski definition) is 0. The van der Waals surface area contributed by atoms with E-state index in [-0.39, 0.29) is 23.8 Å². The molecule has 0 unspecified atom stereocenters. The fraction of sp³-hybridized carbons (Fsp3) is 0.533. The first-order valence-corrected chi connectivity index (χ1v) is 6.42. The minimum absolute atomic E-state index is 0. The molecular formula is C15H22ClNO2. The highest BCUT2D eigenvalue weighted by Crippen LogP contribution is 2.34. The first-order chi connectivity index (χ1) is 8.55. The minimum Gasteiger partial charge on any atom is -0.465 e. The summed E-state index contributed by atoms with van der Waals surface area (Å²) in [7, 11) is 3.58. The van der Waals surface area contributed by atoms with Crippen molar-refractivity contribution in [3.8, 4) is 0 Å². The normalized spacial score (nSPS) is 18.5. The van der Waals surface area contributed by atoms with Crippen LogP contribution in [0.25, 0.3) is 0 Å². The van der Waals surface area contributed by atoms with Gasteiger partial charge in [0.15, 0.2) is 0 Å². The Bertz CT molecular complexity index is 440. The molecule has 0 radical (unpaired) electrons. The zero-order chi connectivity index (χ0) is 13.2. The van der Waals surface area contributed by atoms with Gasteiger partial charge in [-0.2, -0.15) is 0 Å². The molecule has 1 aliphatic heterocycles. The van der Waals surface area contributed by atoms with E-state index < -0.39 is 0 Å². The number of benzene rings is 1. The number of likely N-dealkylation sites (tertiary alicyclic amines) is 1. The van der Waals surface area contributed by atoms with Crippen LogP contribution in [0.4, 0.5) is 0 Å². The molecule has 0 aromatic heterocycles. The van der Waals surface area contributed by atoms with Gasteiger partial charge < -0.3 is 9.64 Å². The van der Waals surface area contributed by atoms with E-state index >= 15 is 0 Å². The monoisotopic (exact) mass is 283 g/mol. The molecule has 4 heteroatoms. The summed E-state index contributed by atoms with van der Waals surface area (Å²) in [5.74, 6) is -0.256. The number of piperidine rings is 1. The van der Waals surface area contributed by atoms with Crippen molar-refractivity contribution in [2.45, 2.75) is 25.2 Å². The van der Waals surface area contributed by atoms with Crippen molar-refractivity contribution >= 4 is 18.4 Å². The molecule has 19 heavy (non-hydrogen) atoms. The van der Waals surface area contributed by atoms with E-state index in [1.165, 1.54) is 12.7 Å². The molecule has 0 bridgehead atoms. The predicted octanol–water partition coefficient (Wildman–Crippen LogP) is 2.88. The van der Waals surface area contributed by atoms with Gasteiger partial charge in [-0.25, -0.2) is 4.79 Å². The number of esters is 1. The molecule has 3 nitrogen and oxygen atoms in total. The second-order valence-electron chi connectivity index (χ2n) is 5.44. The molecule has 2 rings (SSSR count). The Morgan fingerprint density at radius 1 is 1.32 bits per heavy atom. The van der Waals surface area contributed by atoms with Crippen LogP contribution in [0, 0.1) is 0 Å². The van der Waals surface area contributed by atoms with Crippen LogP contribution in [0.5, 0.6) is 0 Å². The van der Waals surface area contributed by atoms with Crippen LogP contribution in [-0.2, 0) is 10.2 Å². The average Bonchev–Trinajstić information content (AvgIpc) is 2.41. The van der Waals surface area contributed by atoms with E-state index in [1.807, 2.05) is 18.2 Å². The van der Waals surface area contributed by atoms with Crippen LogP contribution in [0.3, 0.4) is 0 Å². The van der Waals surface area contributed by atoms with Gasteiger partial charge in [0.05, 0.1) is 12.7 Å². The highest BCUT2D eigenvalue weighted by Gasteiger charge is 2.30. The van der Waals surface area contributed by atoms with Crippen molar-refractivity contribution in [1.29, 1.82) is 0 Å². The fourth-order valence-corrected chi connectivity index (χ4v) is 2.54. The van der Waals surface area contributed by atoms with Gasteiger partial charge >= 0.3 is 5.97 Å². The van der Waals surface area contributed by atoms with Crippen molar-refractivity contribution < 1.29 is 9.53 Å². The van der Waals surface area contributed by atoms with E-state index in [9.17, 15) is 4.79 Å². The van der Waals surface area contributed by atoms with E-state index in [1.54, 1.807) is 0 Å². The molecule has 1 saturated heterocycles. The summed E-state index contributed by atoms with van der Waals surface area (Å²) in [5.41, 5.74) is 2.07. The third kappa shape index (κ3) is 3.48. The lowest BCUT2D eigenvalue weighted by molar-refractivity contribution is 0.0600. The molecule has 0 spiro atoms. The number of carbonyl (C=O) groups excluding carboxylic acids is 1. The van der Waals surface area contributed by atoms with Gasteiger partial charge in [-0.05, 0) is 56.1 Å². The molecule has 1 fully saturated rings. The number of rotatable bonds is 2. The van der Waals surface area contributed by atoms with Gasteiger partial charge in [0.2, 0.25) is 0 Å². The van der Waals surface area contributed by atoms with Gasteiger partial charge in [0.25, 0.3) is 0 Å². The maximum absolute atomic E-state index is 11.6. The number of nitrogens with zero attached hydrogens (tertiary/aromatic N) is 1. The largest absolute Gasteiger partial charge is 0.465 e. The van der Waals surface area contributed by atoms with E-state index in [0.29, 0.717) is 5.56 Å². The Kier molecular flexibility index (Phi) is 5.39. The quantitative estimate of drug-likeness (QED) is 0.782. The Morgan fingerprint density at radius 3 is 2.53 bits per heavy atom. The molecule has 0 aliphatic carbocycles. The van der Waals surface area contributed by atoms with E-state index in [0.717, 1.165) is 25.9 Å². The highest BCUT2D eigenvalue weighted by atomic mass is 35.5. The van der Waals surface area contributed by atoms with Crippen molar-refractivity contribution in [3.05, 3.63) is 35.4 Å². The van der Waals surface area contributed by atoms with Crippen LogP contribution in [-0.4, -0.2) is 38.1 Å². The van der Waals surface area contributed by atoms with Crippen LogP contribution >= 0.6 is 12.4 Å². The topological polar surface area (TPSA) is 29.5 Å². The van der Waals surface area contributed by atoms with Crippen molar-refractivity contribution in [2.75, 3.05) is 27.2 Å². The summed E-state index contributed by atoms with van der Waals surface area (Å²) >= 11 is 0. The van der Waals surface area contributed by atoms with Gasteiger partial charge in [-0.15, -0.1) is 12.4 Å². The third-order valence-corrected chi connectivity index (χ3v) is 4.07. The predicted molar refractivity (Wildman–Crippen MR) is 79.1 cm³/mol. The molecule has 0 N–H and O–H groups in total. The Morgan fingerprint density at radius 2 is 1.95 bits per heavy atom. The number of hydrogen-bond acceptors (Lipinski definition) is 3. The van der Waals surface area contributed by atoms with Gasteiger partial charge in [-0.3, -0.25) is 0 Å². The standard InChI is InChI=1S/C15H21NO2.ClH/c1-15(7-9-16(2)10-8-15)13-6-4-5-12(11-13)14(17)18-3;/h4-6,11H,7-10H2,1-3H3;1H. The summed E-state index contributed by atoms with van der Waals surface area (Å²) in [6.45, 7) is 4.51. The zero-order valence-corrected chi connectivity index (χ0v) is 12.6. The van der Waals surface area contributed by atoms with Crippen LogP contribution in [0.1, 0.15) is 35.7 Å². The summed E-state index contributed by atoms with van der Waals surface area (Å²) in [6.07, 6.45) is 2.27. The number of ether oxygens (including phenoxy) is 1. The van der Waals surface area contributed by atoms with Crippen LogP contribution in [0.2, 0.25) is 0 Å². The number of halogens is 1. The van der Waals surface area contributed by atoms with Gasteiger partial charge in [0, 0.05) is 0 Å². The average molecular weight is 284 g/mol. The first kappa shape index (κ1) is 16.0. The summed E-state index contributed by atoms with van der Waals surface area (Å²) in [5, 5.41) is 0. The maximum Gasteiger partial charge on any atom is 0.337 e. The maximum atomic E-state index is 11.6. The Hall–Kier alpha value is -1.06. The molecule has 106 valence electrons. The van der Waals surface area contributed by atoms with Crippen molar-refractivity contribution in [1.82, 2.24) is 4.90 Å². The van der Waals surface area contributed by atoms with Gasteiger partial charge in [0.1, 0.15) is 0 Å². The molecule has 1 aromatic rings. The fourth-order valence-electron chi connectivity index (χ4n) is 2.54. The molecule has 0 amide bonds. The summed E-state index contributed by atoms with van der Waals surface area (Å²) < 4.78 is 4.78. The smallest absolute Gasteiger partial charge is 0.337 e. The molecular weight excluding hydrogens is 262 g/mol. The SMILES string of the molecule is COC(=O)c1cccc(C2(C)CCN(C)CC2)c1.Cl. The lowest BCUT2D eigenvalue weighted by Gasteiger charge is -2.38. The summed E-state index contributed by atoms with van der Waals surface area (Å²) in [4.78, 5) is 13.9. The first-order valence-electron chi connectivity index (χ1n) is 6.42. The second kappa shape index (κ2) is 6.40. The third-order valence-electron chi connectivity index (χ3n) is 4.07. The highest BCUT2D eigenvalue weighted by molar-refractivity contribution is 5.89. The van der Waals surface area contributed by atoms with Gasteiger partial charge in [-0.1, -0.05) is 19.1 Å². The number of carbonyl (C=O) groups is 1. The Labute approximate surface area is 121 Å². The molecule has 1 aliphatic rings. The lowest BCUT2D eigenvalue weighted by atomic mass is 9.74. The van der Waals surface area contributed by atoms with Crippen LogP contribution < -0.4 is 0 Å². The molecule has 1 aromatic carbocycles.